The minimum absolute atomic E-state index is 0.0481. The van der Waals surface area contributed by atoms with E-state index in [1.165, 1.54) is 11.3 Å². The van der Waals surface area contributed by atoms with Crippen LogP contribution in [0.4, 0.5) is 4.79 Å². The molecule has 7 nitrogen and oxygen atoms in total. The number of imide groups is 1. The molecule has 0 unspecified atom stereocenters. The summed E-state index contributed by atoms with van der Waals surface area (Å²) >= 11 is 1.61. The van der Waals surface area contributed by atoms with Crippen molar-refractivity contribution in [2.75, 3.05) is 33.2 Å². The predicted molar refractivity (Wildman–Crippen MR) is 125 cm³/mol. The van der Waals surface area contributed by atoms with Crippen LogP contribution in [0.2, 0.25) is 0 Å². The molecular weight excluding hydrogens is 424 g/mol. The number of thiophene rings is 1. The van der Waals surface area contributed by atoms with Gasteiger partial charge in [-0.3, -0.25) is 14.5 Å². The van der Waals surface area contributed by atoms with Crippen molar-refractivity contribution in [1.82, 2.24) is 20.0 Å². The summed E-state index contributed by atoms with van der Waals surface area (Å²) in [5, 5.41) is 7.14. The number of piperidine rings is 1. The van der Waals surface area contributed by atoms with Gasteiger partial charge in [0, 0.05) is 25.7 Å². The number of amides is 4. The molecule has 3 saturated heterocycles. The molecule has 1 aromatic heterocycles. The molecule has 0 bridgehead atoms. The second-order valence-electron chi connectivity index (χ2n) is 9.64. The second kappa shape index (κ2) is 9.91. The smallest absolute Gasteiger partial charge is 0.325 e. The summed E-state index contributed by atoms with van der Waals surface area (Å²) in [7, 11) is 2.12. The second-order valence-corrected chi connectivity index (χ2v) is 10.4. The van der Waals surface area contributed by atoms with Gasteiger partial charge in [0.25, 0.3) is 5.91 Å². The van der Waals surface area contributed by atoms with Crippen molar-refractivity contribution in [3.8, 4) is 0 Å². The van der Waals surface area contributed by atoms with Crippen molar-refractivity contribution in [2.24, 2.45) is 5.92 Å². The molecule has 8 heteroatoms. The highest BCUT2D eigenvalue weighted by Crippen LogP contribution is 2.37. The summed E-state index contributed by atoms with van der Waals surface area (Å²) in [6, 6.07) is 2.21. The van der Waals surface area contributed by atoms with Crippen LogP contribution in [-0.2, 0) is 16.0 Å². The number of hydrogen-bond donors (Lipinski definition) is 1. The van der Waals surface area contributed by atoms with Gasteiger partial charge in [-0.15, -0.1) is 0 Å². The van der Waals surface area contributed by atoms with Crippen LogP contribution in [0.15, 0.2) is 16.8 Å². The molecule has 4 rings (SSSR count). The van der Waals surface area contributed by atoms with Gasteiger partial charge in [-0.2, -0.15) is 11.3 Å². The highest BCUT2D eigenvalue weighted by molar-refractivity contribution is 7.08. The molecule has 3 aliphatic heterocycles. The summed E-state index contributed by atoms with van der Waals surface area (Å²) in [6.45, 7) is 4.94. The molecule has 0 aromatic carbocycles. The van der Waals surface area contributed by atoms with E-state index in [1.807, 2.05) is 21.7 Å². The number of hydrogen-bond acceptors (Lipinski definition) is 5. The fraction of sp³-hybridized carbons (Fsp3) is 0.708. The van der Waals surface area contributed by atoms with Crippen LogP contribution in [0.1, 0.15) is 57.4 Å². The van der Waals surface area contributed by atoms with E-state index in [1.54, 1.807) is 11.3 Å². The van der Waals surface area contributed by atoms with Crippen molar-refractivity contribution >= 4 is 29.2 Å². The molecule has 0 saturated carbocycles. The third-order valence-electron chi connectivity index (χ3n) is 7.68. The first-order valence-electron chi connectivity index (χ1n) is 12.1. The average Bonchev–Trinajstić information content (AvgIpc) is 3.49. The van der Waals surface area contributed by atoms with Crippen molar-refractivity contribution in [3.63, 3.8) is 0 Å². The first-order chi connectivity index (χ1) is 15.4. The summed E-state index contributed by atoms with van der Waals surface area (Å²) in [5.74, 6) is 0.173. The number of rotatable bonds is 8. The lowest BCUT2D eigenvalue weighted by Crippen LogP contribution is -2.56. The van der Waals surface area contributed by atoms with Gasteiger partial charge < -0.3 is 15.1 Å². The molecule has 3 fully saturated rings. The Kier molecular flexibility index (Phi) is 7.20. The van der Waals surface area contributed by atoms with Gasteiger partial charge in [-0.1, -0.05) is 13.3 Å². The van der Waals surface area contributed by atoms with E-state index in [9.17, 15) is 14.4 Å². The van der Waals surface area contributed by atoms with E-state index < -0.39 is 5.54 Å². The van der Waals surface area contributed by atoms with E-state index in [-0.39, 0.29) is 23.8 Å². The lowest BCUT2D eigenvalue weighted by atomic mass is 9.74. The van der Waals surface area contributed by atoms with E-state index in [0.717, 1.165) is 44.2 Å². The van der Waals surface area contributed by atoms with Crippen LogP contribution in [0.25, 0.3) is 0 Å². The molecule has 4 heterocycles. The van der Waals surface area contributed by atoms with Gasteiger partial charge in [0.1, 0.15) is 5.54 Å². The number of carbonyl (C=O) groups excluding carboxylic acids is 3. The normalized spacial score (nSPS) is 27.4. The van der Waals surface area contributed by atoms with Gasteiger partial charge in [0.2, 0.25) is 5.91 Å². The van der Waals surface area contributed by atoms with E-state index in [0.29, 0.717) is 38.5 Å². The minimum atomic E-state index is -0.810. The summed E-state index contributed by atoms with van der Waals surface area (Å²) in [5.41, 5.74) is 0.252. The average molecular weight is 461 g/mol. The summed E-state index contributed by atoms with van der Waals surface area (Å²) < 4.78 is 0. The largest absolute Gasteiger partial charge is 0.342 e. The number of nitrogens with zero attached hydrogens (tertiary/aromatic N) is 3. The molecule has 1 aromatic rings. The topological polar surface area (TPSA) is 73.0 Å². The van der Waals surface area contributed by atoms with E-state index in [4.69, 9.17) is 0 Å². The zero-order chi connectivity index (χ0) is 22.7. The van der Waals surface area contributed by atoms with Crippen LogP contribution in [0, 0.1) is 5.92 Å². The zero-order valence-electron chi connectivity index (χ0n) is 19.3. The Bertz CT molecular complexity index is 821. The third kappa shape index (κ3) is 4.57. The fourth-order valence-electron chi connectivity index (χ4n) is 5.82. The maximum atomic E-state index is 13.6. The quantitative estimate of drug-likeness (QED) is 0.605. The Morgan fingerprint density at radius 2 is 2.00 bits per heavy atom. The minimum Gasteiger partial charge on any atom is -0.342 e. The monoisotopic (exact) mass is 460 g/mol. The van der Waals surface area contributed by atoms with Crippen LogP contribution in [0.5, 0.6) is 0 Å². The first-order valence-corrected chi connectivity index (χ1v) is 13.0. The van der Waals surface area contributed by atoms with Gasteiger partial charge in [0.05, 0.1) is 6.42 Å². The summed E-state index contributed by atoms with van der Waals surface area (Å²) in [6.07, 6.45) is 6.60. The predicted octanol–water partition coefficient (Wildman–Crippen LogP) is 3.10. The van der Waals surface area contributed by atoms with E-state index in [2.05, 4.69) is 24.2 Å². The lowest BCUT2D eigenvalue weighted by Gasteiger charge is -2.41. The fourth-order valence-corrected chi connectivity index (χ4v) is 6.48. The molecule has 0 aliphatic carbocycles. The highest BCUT2D eigenvalue weighted by atomic mass is 32.1. The molecular formula is C24H36N4O3S. The number of nitrogens with one attached hydrogen (secondary N) is 1. The number of carbonyl (C=O) groups is 3. The Morgan fingerprint density at radius 3 is 2.62 bits per heavy atom. The summed E-state index contributed by atoms with van der Waals surface area (Å²) in [4.78, 5) is 44.9. The molecule has 32 heavy (non-hydrogen) atoms. The lowest BCUT2D eigenvalue weighted by molar-refractivity contribution is -0.136. The molecule has 4 amide bonds. The SMILES string of the molecule is CCC[C@@]1(C2CCN(C(=O)Cc3ccsc3)CC2)NC(=O)N(CC[C@@H]2CCCN2C)C1=O. The maximum Gasteiger partial charge on any atom is 0.325 e. The van der Waals surface area contributed by atoms with Gasteiger partial charge >= 0.3 is 6.03 Å². The Labute approximate surface area is 195 Å². The molecule has 176 valence electrons. The first kappa shape index (κ1) is 23.2. The molecule has 0 radical (unpaired) electrons. The third-order valence-corrected chi connectivity index (χ3v) is 8.42. The van der Waals surface area contributed by atoms with Crippen LogP contribution in [-0.4, -0.2) is 77.4 Å². The number of urea groups is 1. The number of likely N-dealkylation sites (tertiary alicyclic amines) is 2. The standard InChI is InChI=1S/C24H36N4O3S/c1-3-10-24(19-6-12-27(13-7-19)21(29)16-18-9-15-32-17-18)22(30)28(23(31)25-24)14-8-20-5-4-11-26(20)2/h9,15,17,19-20H,3-8,10-14,16H2,1-2H3,(H,25,31)/t20-,24-/m0/s1. The molecule has 1 N–H and O–H groups in total. The van der Waals surface area contributed by atoms with Crippen molar-refractivity contribution < 1.29 is 14.4 Å². The Balaban J connectivity index is 1.38. The van der Waals surface area contributed by atoms with Crippen LogP contribution < -0.4 is 5.32 Å². The van der Waals surface area contributed by atoms with Crippen molar-refractivity contribution in [2.45, 2.75) is 69.9 Å². The van der Waals surface area contributed by atoms with Crippen molar-refractivity contribution in [3.05, 3.63) is 22.4 Å². The van der Waals surface area contributed by atoms with Gasteiger partial charge in [0.15, 0.2) is 0 Å². The maximum absolute atomic E-state index is 13.6. The highest BCUT2D eigenvalue weighted by Gasteiger charge is 2.55. The Morgan fingerprint density at radius 1 is 1.22 bits per heavy atom. The van der Waals surface area contributed by atoms with Crippen LogP contribution >= 0.6 is 11.3 Å². The van der Waals surface area contributed by atoms with Crippen molar-refractivity contribution in [1.29, 1.82) is 0 Å². The molecule has 3 aliphatic rings. The molecule has 0 spiro atoms. The van der Waals surface area contributed by atoms with Gasteiger partial charge in [-0.25, -0.2) is 4.79 Å². The zero-order valence-corrected chi connectivity index (χ0v) is 20.2. The van der Waals surface area contributed by atoms with Crippen LogP contribution in [0.3, 0.4) is 0 Å². The van der Waals surface area contributed by atoms with Gasteiger partial charge in [-0.05, 0) is 80.4 Å². The molecule has 2 atom stereocenters. The Hall–Kier alpha value is -1.93. The van der Waals surface area contributed by atoms with E-state index >= 15 is 0 Å².